The highest BCUT2D eigenvalue weighted by molar-refractivity contribution is 5.84. The first-order valence-corrected chi connectivity index (χ1v) is 7.08. The SMILES string of the molecule is COc1ccc2cc(C(C)NC(C)(CO)CO)ccc2c1. The molecule has 0 aliphatic rings. The quantitative estimate of drug-likeness (QED) is 0.763. The van der Waals surface area contributed by atoms with Crippen molar-refractivity contribution in [3.05, 3.63) is 42.0 Å². The number of benzene rings is 2. The second-order valence-corrected chi connectivity index (χ2v) is 5.72. The van der Waals surface area contributed by atoms with Crippen LogP contribution in [0.1, 0.15) is 25.5 Å². The molecule has 0 aliphatic carbocycles. The van der Waals surface area contributed by atoms with E-state index < -0.39 is 5.54 Å². The summed E-state index contributed by atoms with van der Waals surface area (Å²) in [5.41, 5.74) is 0.426. The molecular weight excluding hydrogens is 266 g/mol. The number of aliphatic hydroxyl groups is 2. The van der Waals surface area contributed by atoms with E-state index in [2.05, 4.69) is 23.5 Å². The second-order valence-electron chi connectivity index (χ2n) is 5.72. The van der Waals surface area contributed by atoms with E-state index in [4.69, 9.17) is 4.74 Å². The summed E-state index contributed by atoms with van der Waals surface area (Å²) >= 11 is 0. The monoisotopic (exact) mass is 289 g/mol. The molecule has 0 fully saturated rings. The van der Waals surface area contributed by atoms with E-state index in [1.165, 1.54) is 0 Å². The number of nitrogens with one attached hydrogen (secondary N) is 1. The second kappa shape index (κ2) is 6.43. The Hall–Kier alpha value is -1.62. The van der Waals surface area contributed by atoms with Crippen LogP contribution in [0.3, 0.4) is 0 Å². The molecule has 21 heavy (non-hydrogen) atoms. The lowest BCUT2D eigenvalue weighted by Gasteiger charge is -2.30. The van der Waals surface area contributed by atoms with Crippen LogP contribution in [0.5, 0.6) is 5.75 Å². The maximum absolute atomic E-state index is 9.37. The van der Waals surface area contributed by atoms with Gasteiger partial charge < -0.3 is 20.3 Å². The van der Waals surface area contributed by atoms with Crippen LogP contribution in [0, 0.1) is 0 Å². The maximum Gasteiger partial charge on any atom is 0.119 e. The number of methoxy groups -OCH3 is 1. The van der Waals surface area contributed by atoms with Gasteiger partial charge >= 0.3 is 0 Å². The Kier molecular flexibility index (Phi) is 4.83. The van der Waals surface area contributed by atoms with Crippen LogP contribution >= 0.6 is 0 Å². The molecule has 0 saturated heterocycles. The first kappa shape index (κ1) is 15.8. The van der Waals surface area contributed by atoms with Crippen molar-refractivity contribution in [1.29, 1.82) is 0 Å². The Balaban J connectivity index is 2.26. The third-order valence-electron chi connectivity index (χ3n) is 3.83. The van der Waals surface area contributed by atoms with Gasteiger partial charge in [0.25, 0.3) is 0 Å². The van der Waals surface area contributed by atoms with Crippen LogP contribution < -0.4 is 10.1 Å². The van der Waals surface area contributed by atoms with Gasteiger partial charge in [0.15, 0.2) is 0 Å². The van der Waals surface area contributed by atoms with Crippen molar-refractivity contribution < 1.29 is 14.9 Å². The molecule has 1 atom stereocenters. The molecule has 4 nitrogen and oxygen atoms in total. The number of aliphatic hydroxyl groups excluding tert-OH is 2. The van der Waals surface area contributed by atoms with Crippen molar-refractivity contribution in [3.8, 4) is 5.75 Å². The van der Waals surface area contributed by atoms with Crippen molar-refractivity contribution in [3.63, 3.8) is 0 Å². The van der Waals surface area contributed by atoms with Crippen LogP contribution in [-0.2, 0) is 0 Å². The minimum absolute atomic E-state index is 0.0285. The Morgan fingerprint density at radius 3 is 2.33 bits per heavy atom. The fourth-order valence-electron chi connectivity index (χ4n) is 2.39. The lowest BCUT2D eigenvalue weighted by Crippen LogP contribution is -2.49. The number of fused-ring (bicyclic) bond motifs is 1. The van der Waals surface area contributed by atoms with E-state index >= 15 is 0 Å². The van der Waals surface area contributed by atoms with Gasteiger partial charge in [-0.15, -0.1) is 0 Å². The molecule has 114 valence electrons. The van der Waals surface area contributed by atoms with E-state index in [-0.39, 0.29) is 19.3 Å². The molecule has 1 unspecified atom stereocenters. The molecule has 0 bridgehead atoms. The summed E-state index contributed by atoms with van der Waals surface area (Å²) in [5.74, 6) is 0.842. The van der Waals surface area contributed by atoms with Crippen molar-refractivity contribution in [1.82, 2.24) is 5.32 Å². The van der Waals surface area contributed by atoms with Gasteiger partial charge in [-0.2, -0.15) is 0 Å². The van der Waals surface area contributed by atoms with Gasteiger partial charge in [-0.05, 0) is 48.4 Å². The van der Waals surface area contributed by atoms with Crippen LogP contribution in [0.4, 0.5) is 0 Å². The number of hydrogen-bond acceptors (Lipinski definition) is 4. The van der Waals surface area contributed by atoms with Gasteiger partial charge in [0.2, 0.25) is 0 Å². The Morgan fingerprint density at radius 1 is 1.10 bits per heavy atom. The van der Waals surface area contributed by atoms with Gasteiger partial charge in [-0.1, -0.05) is 18.2 Å². The summed E-state index contributed by atoms with van der Waals surface area (Å²) in [6, 6.07) is 12.2. The average Bonchev–Trinajstić information content (AvgIpc) is 2.53. The van der Waals surface area contributed by atoms with E-state index in [1.807, 2.05) is 25.1 Å². The molecule has 2 aromatic rings. The smallest absolute Gasteiger partial charge is 0.119 e. The van der Waals surface area contributed by atoms with Crippen LogP contribution in [0.15, 0.2) is 36.4 Å². The van der Waals surface area contributed by atoms with Crippen molar-refractivity contribution in [2.45, 2.75) is 25.4 Å². The zero-order valence-corrected chi connectivity index (χ0v) is 12.8. The molecule has 0 spiro atoms. The van der Waals surface area contributed by atoms with E-state index in [0.717, 1.165) is 22.1 Å². The number of rotatable bonds is 6. The third-order valence-corrected chi connectivity index (χ3v) is 3.83. The molecule has 2 rings (SSSR count). The zero-order chi connectivity index (χ0) is 15.5. The van der Waals surface area contributed by atoms with Gasteiger partial charge in [0.1, 0.15) is 5.75 Å². The molecule has 0 radical (unpaired) electrons. The van der Waals surface area contributed by atoms with Crippen LogP contribution in [-0.4, -0.2) is 36.1 Å². The normalized spacial score (nSPS) is 13.4. The minimum atomic E-state index is -0.686. The first-order chi connectivity index (χ1) is 10.0. The summed E-state index contributed by atoms with van der Waals surface area (Å²) in [6.45, 7) is 3.60. The molecule has 0 saturated carbocycles. The Bertz CT molecular complexity index is 608. The molecule has 0 aromatic heterocycles. The summed E-state index contributed by atoms with van der Waals surface area (Å²) in [6.07, 6.45) is 0. The zero-order valence-electron chi connectivity index (χ0n) is 12.8. The van der Waals surface area contributed by atoms with Gasteiger partial charge in [-0.25, -0.2) is 0 Å². The van der Waals surface area contributed by atoms with Crippen molar-refractivity contribution in [2.24, 2.45) is 0 Å². The van der Waals surface area contributed by atoms with Crippen molar-refractivity contribution >= 4 is 10.8 Å². The summed E-state index contributed by atoms with van der Waals surface area (Å²) < 4.78 is 5.23. The van der Waals surface area contributed by atoms with Gasteiger partial charge in [-0.3, -0.25) is 0 Å². The summed E-state index contributed by atoms with van der Waals surface area (Å²) in [5, 5.41) is 24.3. The predicted molar refractivity (Wildman–Crippen MR) is 84.6 cm³/mol. The Morgan fingerprint density at radius 2 is 1.71 bits per heavy atom. The highest BCUT2D eigenvalue weighted by Crippen LogP contribution is 2.25. The van der Waals surface area contributed by atoms with Gasteiger partial charge in [0, 0.05) is 6.04 Å². The molecule has 3 N–H and O–H groups in total. The topological polar surface area (TPSA) is 61.7 Å². The lowest BCUT2D eigenvalue weighted by atomic mass is 9.98. The van der Waals surface area contributed by atoms with Crippen molar-refractivity contribution in [2.75, 3.05) is 20.3 Å². The first-order valence-electron chi connectivity index (χ1n) is 7.08. The highest BCUT2D eigenvalue weighted by Gasteiger charge is 2.24. The number of hydrogen-bond donors (Lipinski definition) is 3. The largest absolute Gasteiger partial charge is 0.497 e. The molecule has 0 heterocycles. The van der Waals surface area contributed by atoms with Gasteiger partial charge in [0.05, 0.1) is 25.9 Å². The number of ether oxygens (including phenoxy) is 1. The fourth-order valence-corrected chi connectivity index (χ4v) is 2.39. The van der Waals surface area contributed by atoms with E-state index in [9.17, 15) is 10.2 Å². The molecule has 0 aliphatic heterocycles. The molecule has 4 heteroatoms. The third kappa shape index (κ3) is 3.53. The van der Waals surface area contributed by atoms with E-state index in [1.54, 1.807) is 14.0 Å². The predicted octanol–water partition coefficient (Wildman–Crippen LogP) is 2.24. The standard InChI is InChI=1S/C17H23NO3/c1-12(18-17(2,10-19)11-20)13-4-5-15-9-16(21-3)7-6-14(15)8-13/h4-9,12,18-20H,10-11H2,1-3H3. The molecule has 0 amide bonds. The van der Waals surface area contributed by atoms with E-state index in [0.29, 0.717) is 0 Å². The highest BCUT2D eigenvalue weighted by atomic mass is 16.5. The average molecular weight is 289 g/mol. The van der Waals surface area contributed by atoms with Crippen LogP contribution in [0.25, 0.3) is 10.8 Å². The summed E-state index contributed by atoms with van der Waals surface area (Å²) in [7, 11) is 1.66. The summed E-state index contributed by atoms with van der Waals surface area (Å²) in [4.78, 5) is 0. The molecular formula is C17H23NO3. The lowest BCUT2D eigenvalue weighted by molar-refractivity contribution is 0.0958. The fraction of sp³-hybridized carbons (Fsp3) is 0.412. The Labute approximate surface area is 125 Å². The van der Waals surface area contributed by atoms with Crippen LogP contribution in [0.2, 0.25) is 0 Å². The maximum atomic E-state index is 9.37. The molecule has 2 aromatic carbocycles. The minimum Gasteiger partial charge on any atom is -0.497 e.